The molecule has 0 bridgehead atoms. The lowest BCUT2D eigenvalue weighted by Crippen LogP contribution is -2.20. The third kappa shape index (κ3) is 6.37. The zero-order valence-electron chi connectivity index (χ0n) is 12.7. The number of carbonyl (C=O) groups is 2. The zero-order valence-corrected chi connectivity index (χ0v) is 14.9. The van der Waals surface area contributed by atoms with Gasteiger partial charge in [-0.3, -0.25) is 9.59 Å². The lowest BCUT2D eigenvalue weighted by atomic mass is 10.2. The molecule has 0 radical (unpaired) electrons. The molecular weight excluding hydrogens is 421 g/mol. The maximum Gasteiger partial charge on any atom is 0.240 e. The van der Waals surface area contributed by atoms with Gasteiger partial charge in [-0.2, -0.15) is 5.10 Å². The van der Waals surface area contributed by atoms with Crippen LogP contribution in [0, 0.1) is 3.57 Å². The van der Waals surface area contributed by atoms with Gasteiger partial charge in [0.1, 0.15) is 5.75 Å². The molecule has 2 aromatic carbocycles. The lowest BCUT2D eigenvalue weighted by Gasteiger charge is -2.04. The first-order valence-electron chi connectivity index (χ1n) is 7.19. The zero-order chi connectivity index (χ0) is 17.4. The van der Waals surface area contributed by atoms with Gasteiger partial charge in [-0.15, -0.1) is 0 Å². The minimum Gasteiger partial charge on any atom is -0.508 e. The highest BCUT2D eigenvalue weighted by molar-refractivity contribution is 14.1. The topological polar surface area (TPSA) is 90.8 Å². The van der Waals surface area contributed by atoms with Gasteiger partial charge in [0.2, 0.25) is 11.8 Å². The first-order chi connectivity index (χ1) is 11.5. The second-order valence-corrected chi connectivity index (χ2v) is 6.19. The van der Waals surface area contributed by atoms with Gasteiger partial charge in [-0.05, 0) is 76.7 Å². The van der Waals surface area contributed by atoms with Crippen molar-refractivity contribution >= 4 is 46.3 Å². The highest BCUT2D eigenvalue weighted by Crippen LogP contribution is 2.11. The van der Waals surface area contributed by atoms with Crippen LogP contribution in [0.2, 0.25) is 0 Å². The number of hydrazone groups is 1. The van der Waals surface area contributed by atoms with Crippen LogP contribution in [0.25, 0.3) is 0 Å². The Kier molecular flexibility index (Phi) is 6.74. The number of hydrogen-bond donors (Lipinski definition) is 3. The number of anilines is 1. The molecule has 0 heterocycles. The van der Waals surface area contributed by atoms with Crippen molar-refractivity contribution in [2.75, 3.05) is 5.32 Å². The summed E-state index contributed by atoms with van der Waals surface area (Å²) in [6, 6.07) is 13.8. The van der Waals surface area contributed by atoms with Gasteiger partial charge >= 0.3 is 0 Å². The van der Waals surface area contributed by atoms with Gasteiger partial charge in [-0.25, -0.2) is 5.43 Å². The molecule has 2 aromatic rings. The van der Waals surface area contributed by atoms with Crippen LogP contribution < -0.4 is 10.7 Å². The van der Waals surface area contributed by atoms with Crippen molar-refractivity contribution in [1.29, 1.82) is 0 Å². The van der Waals surface area contributed by atoms with Crippen LogP contribution in [0.5, 0.6) is 5.75 Å². The molecule has 124 valence electrons. The molecule has 0 atom stereocenters. The van der Waals surface area contributed by atoms with E-state index in [-0.39, 0.29) is 30.4 Å². The number of nitrogens with one attached hydrogen (secondary N) is 2. The van der Waals surface area contributed by atoms with E-state index in [0.29, 0.717) is 5.69 Å². The number of phenolic OH excluding ortho intramolecular Hbond substituents is 1. The third-order valence-electron chi connectivity index (χ3n) is 3.00. The number of nitrogens with zero attached hydrogens (tertiary/aromatic N) is 1. The molecule has 0 spiro atoms. The Labute approximate surface area is 153 Å². The average molecular weight is 437 g/mol. The lowest BCUT2D eigenvalue weighted by molar-refractivity contribution is -0.124. The summed E-state index contributed by atoms with van der Waals surface area (Å²) < 4.78 is 1.08. The van der Waals surface area contributed by atoms with Crippen LogP contribution in [0.4, 0.5) is 5.69 Å². The maximum absolute atomic E-state index is 11.8. The van der Waals surface area contributed by atoms with Crippen LogP contribution in [-0.4, -0.2) is 23.1 Å². The second-order valence-electron chi connectivity index (χ2n) is 4.94. The van der Waals surface area contributed by atoms with Gasteiger partial charge in [0, 0.05) is 22.1 Å². The summed E-state index contributed by atoms with van der Waals surface area (Å²) >= 11 is 2.18. The van der Waals surface area contributed by atoms with Gasteiger partial charge in [0.15, 0.2) is 0 Å². The molecule has 0 unspecified atom stereocenters. The first kappa shape index (κ1) is 17.9. The van der Waals surface area contributed by atoms with Crippen molar-refractivity contribution in [2.24, 2.45) is 5.10 Å². The fraction of sp³-hybridized carbons (Fsp3) is 0.118. The quantitative estimate of drug-likeness (QED) is 0.369. The molecular formula is C17H16IN3O3. The molecule has 3 N–H and O–H groups in total. The van der Waals surface area contributed by atoms with Crippen molar-refractivity contribution in [2.45, 2.75) is 12.8 Å². The van der Waals surface area contributed by atoms with E-state index in [9.17, 15) is 9.59 Å². The Bertz CT molecular complexity index is 728. The fourth-order valence-corrected chi connectivity index (χ4v) is 2.14. The molecule has 0 fully saturated rings. The van der Waals surface area contributed by atoms with E-state index < -0.39 is 0 Å². The molecule has 0 saturated carbocycles. The standard InChI is InChI=1S/C17H16IN3O3/c18-13-3-5-14(6-4-13)20-16(23)9-10-17(24)21-19-11-12-1-7-15(22)8-2-12/h1-8,11,22H,9-10H2,(H,20,23)(H,21,24). The van der Waals surface area contributed by atoms with Crippen LogP contribution in [-0.2, 0) is 9.59 Å². The molecule has 2 amide bonds. The number of halogens is 1. The van der Waals surface area contributed by atoms with Crippen molar-refractivity contribution in [3.05, 3.63) is 57.7 Å². The molecule has 0 aromatic heterocycles. The summed E-state index contributed by atoms with van der Waals surface area (Å²) in [5, 5.41) is 15.7. The van der Waals surface area contributed by atoms with E-state index in [2.05, 4.69) is 38.4 Å². The number of rotatable bonds is 6. The number of phenols is 1. The first-order valence-corrected chi connectivity index (χ1v) is 8.27. The van der Waals surface area contributed by atoms with E-state index in [1.165, 1.54) is 18.3 Å². The Balaban J connectivity index is 1.71. The largest absolute Gasteiger partial charge is 0.508 e. The van der Waals surface area contributed by atoms with Crippen molar-refractivity contribution in [3.63, 3.8) is 0 Å². The van der Waals surface area contributed by atoms with Gasteiger partial charge < -0.3 is 10.4 Å². The van der Waals surface area contributed by atoms with Crippen LogP contribution in [0.1, 0.15) is 18.4 Å². The molecule has 6 nitrogen and oxygen atoms in total. The van der Waals surface area contributed by atoms with Crippen LogP contribution in [0.3, 0.4) is 0 Å². The predicted octanol–water partition coefficient (Wildman–Crippen LogP) is 2.87. The van der Waals surface area contributed by atoms with Gasteiger partial charge in [0.25, 0.3) is 0 Å². The normalized spacial score (nSPS) is 10.5. The molecule has 2 rings (SSSR count). The molecule has 7 heteroatoms. The van der Waals surface area contributed by atoms with E-state index in [1.54, 1.807) is 12.1 Å². The SMILES string of the molecule is O=C(CCC(=O)Nc1ccc(I)cc1)NN=Cc1ccc(O)cc1. The summed E-state index contributed by atoms with van der Waals surface area (Å²) in [5.74, 6) is -0.410. The molecule has 0 aliphatic heterocycles. The number of benzene rings is 2. The maximum atomic E-state index is 11.8. The summed E-state index contributed by atoms with van der Waals surface area (Å²) in [6.45, 7) is 0. The van der Waals surface area contributed by atoms with Gasteiger partial charge in [0.05, 0.1) is 6.21 Å². The monoisotopic (exact) mass is 437 g/mol. The van der Waals surface area contributed by atoms with E-state index in [1.807, 2.05) is 24.3 Å². The minimum absolute atomic E-state index is 0.0448. The van der Waals surface area contributed by atoms with Crippen LogP contribution in [0.15, 0.2) is 53.6 Å². The Morgan fingerprint density at radius 2 is 1.62 bits per heavy atom. The number of hydrogen-bond acceptors (Lipinski definition) is 4. The van der Waals surface area contributed by atoms with Gasteiger partial charge in [-0.1, -0.05) is 0 Å². The Morgan fingerprint density at radius 1 is 1.00 bits per heavy atom. The van der Waals surface area contributed by atoms with E-state index in [4.69, 9.17) is 5.11 Å². The van der Waals surface area contributed by atoms with Crippen molar-refractivity contribution in [3.8, 4) is 5.75 Å². The minimum atomic E-state index is -0.345. The smallest absolute Gasteiger partial charge is 0.240 e. The summed E-state index contributed by atoms with van der Waals surface area (Å²) in [6.07, 6.45) is 1.58. The third-order valence-corrected chi connectivity index (χ3v) is 3.72. The number of aromatic hydroxyl groups is 1. The molecule has 24 heavy (non-hydrogen) atoms. The van der Waals surface area contributed by atoms with E-state index in [0.717, 1.165) is 9.13 Å². The van der Waals surface area contributed by atoms with E-state index >= 15 is 0 Å². The van der Waals surface area contributed by atoms with Crippen molar-refractivity contribution < 1.29 is 14.7 Å². The Morgan fingerprint density at radius 3 is 2.29 bits per heavy atom. The Hall–Kier alpha value is -2.42. The second kappa shape index (κ2) is 9.02. The number of amides is 2. The summed E-state index contributed by atoms with van der Waals surface area (Å²) in [4.78, 5) is 23.4. The molecule has 0 saturated heterocycles. The van der Waals surface area contributed by atoms with Crippen molar-refractivity contribution in [1.82, 2.24) is 5.43 Å². The highest BCUT2D eigenvalue weighted by Gasteiger charge is 2.06. The predicted molar refractivity (Wildman–Crippen MR) is 101 cm³/mol. The summed E-state index contributed by atoms with van der Waals surface area (Å²) in [5.41, 5.74) is 3.80. The fourth-order valence-electron chi connectivity index (χ4n) is 1.78. The molecule has 0 aliphatic rings. The average Bonchev–Trinajstić information content (AvgIpc) is 2.57. The van der Waals surface area contributed by atoms with Crippen LogP contribution >= 0.6 is 22.6 Å². The molecule has 0 aliphatic carbocycles. The summed E-state index contributed by atoms with van der Waals surface area (Å²) in [7, 11) is 0. The number of carbonyl (C=O) groups excluding carboxylic acids is 2. The highest BCUT2D eigenvalue weighted by atomic mass is 127.